The molecule has 1 aliphatic heterocycles. The van der Waals surface area contributed by atoms with Crippen LogP contribution in [0.4, 0.5) is 10.1 Å². The lowest BCUT2D eigenvalue weighted by atomic mass is 9.97. The second-order valence-electron chi connectivity index (χ2n) is 7.48. The zero-order valence-corrected chi connectivity index (χ0v) is 16.8. The van der Waals surface area contributed by atoms with Crippen molar-refractivity contribution in [3.8, 4) is 16.9 Å². The van der Waals surface area contributed by atoms with Crippen molar-refractivity contribution < 1.29 is 13.9 Å². The molecule has 3 aromatic rings. The van der Waals surface area contributed by atoms with E-state index in [1.165, 1.54) is 19.2 Å². The summed E-state index contributed by atoms with van der Waals surface area (Å²) in [4.78, 5) is 18.9. The molecule has 0 amide bonds. The quantitative estimate of drug-likeness (QED) is 0.647. The van der Waals surface area contributed by atoms with Crippen molar-refractivity contribution in [3.05, 3.63) is 53.5 Å². The zero-order valence-electron chi connectivity index (χ0n) is 16.8. The molecule has 2 unspecified atom stereocenters. The minimum absolute atomic E-state index is 0.230. The molecule has 6 heteroatoms. The lowest BCUT2D eigenvalue weighted by Crippen LogP contribution is -2.32. The highest BCUT2D eigenvalue weighted by Crippen LogP contribution is 2.42. The van der Waals surface area contributed by atoms with Gasteiger partial charge < -0.3 is 15.3 Å². The van der Waals surface area contributed by atoms with Crippen LogP contribution in [-0.2, 0) is 11.3 Å². The molecule has 1 aromatic heterocycles. The van der Waals surface area contributed by atoms with Crippen LogP contribution >= 0.6 is 0 Å². The molecule has 4 rings (SSSR count). The Hall–Kier alpha value is -2.99. The third-order valence-electron chi connectivity index (χ3n) is 5.86. The number of methoxy groups -OCH3 is 1. The number of aldehydes is 1. The number of hydrogen-bond donors (Lipinski definition) is 1. The number of nitrogens with two attached hydrogens (primary N) is 1. The fourth-order valence-corrected chi connectivity index (χ4v) is 4.14. The van der Waals surface area contributed by atoms with Crippen LogP contribution in [0.25, 0.3) is 22.0 Å². The molecule has 1 aliphatic rings. The SMILES string of the molecule is CCC(C)N1Cc2nc3c(-c4cc(F)cc(OC)c4)cccc3c(N)c2C1C=O. The summed E-state index contributed by atoms with van der Waals surface area (Å²) in [6.45, 7) is 4.76. The number of para-hydroxylation sites is 1. The summed E-state index contributed by atoms with van der Waals surface area (Å²) < 4.78 is 19.3. The Kier molecular flexibility index (Phi) is 4.96. The number of carbonyl (C=O) groups is 1. The van der Waals surface area contributed by atoms with Crippen molar-refractivity contribution >= 4 is 22.9 Å². The summed E-state index contributed by atoms with van der Waals surface area (Å²) >= 11 is 0. The number of pyridine rings is 1. The van der Waals surface area contributed by atoms with Gasteiger partial charge in [0.25, 0.3) is 0 Å². The first-order chi connectivity index (χ1) is 14.0. The van der Waals surface area contributed by atoms with Gasteiger partial charge in [0.2, 0.25) is 0 Å². The van der Waals surface area contributed by atoms with Crippen LogP contribution in [0, 0.1) is 5.82 Å². The number of carbonyl (C=O) groups excluding carboxylic acids is 1. The smallest absolute Gasteiger partial charge is 0.141 e. The maximum atomic E-state index is 14.1. The molecule has 0 saturated heterocycles. The maximum absolute atomic E-state index is 14.1. The minimum Gasteiger partial charge on any atom is -0.497 e. The predicted octanol–water partition coefficient (Wildman–Crippen LogP) is 4.49. The number of aromatic nitrogens is 1. The van der Waals surface area contributed by atoms with Crippen LogP contribution in [0.5, 0.6) is 5.75 Å². The van der Waals surface area contributed by atoms with Gasteiger partial charge in [-0.3, -0.25) is 9.88 Å². The van der Waals surface area contributed by atoms with Gasteiger partial charge in [-0.15, -0.1) is 0 Å². The van der Waals surface area contributed by atoms with E-state index in [-0.39, 0.29) is 11.9 Å². The Bertz CT molecular complexity index is 1100. The lowest BCUT2D eigenvalue weighted by molar-refractivity contribution is -0.113. The number of fused-ring (bicyclic) bond motifs is 2. The standard InChI is InChI=1S/C23H24FN3O2/c1-4-13(2)27-11-19-21(20(27)12-28)22(25)18-7-5-6-17(23(18)26-19)14-8-15(24)10-16(9-14)29-3/h5-10,12-13,20H,4,11H2,1-3H3,(H2,25,26). The fraction of sp³-hybridized carbons (Fsp3) is 0.304. The average molecular weight is 393 g/mol. The van der Waals surface area contributed by atoms with E-state index in [0.29, 0.717) is 29.1 Å². The highest BCUT2D eigenvalue weighted by atomic mass is 19.1. The van der Waals surface area contributed by atoms with E-state index in [0.717, 1.165) is 34.9 Å². The van der Waals surface area contributed by atoms with Gasteiger partial charge in [0, 0.05) is 40.9 Å². The zero-order chi connectivity index (χ0) is 20.7. The lowest BCUT2D eigenvalue weighted by Gasteiger charge is -2.26. The number of nitrogen functional groups attached to an aromatic ring is 1. The summed E-state index contributed by atoms with van der Waals surface area (Å²) in [7, 11) is 1.51. The molecule has 0 saturated carbocycles. The first-order valence-electron chi connectivity index (χ1n) is 9.75. The fourth-order valence-electron chi connectivity index (χ4n) is 4.14. The van der Waals surface area contributed by atoms with Crippen molar-refractivity contribution in [1.82, 2.24) is 9.88 Å². The van der Waals surface area contributed by atoms with Crippen molar-refractivity contribution in [2.75, 3.05) is 12.8 Å². The second kappa shape index (κ2) is 7.44. The number of hydrogen-bond acceptors (Lipinski definition) is 5. The van der Waals surface area contributed by atoms with Gasteiger partial charge in [0.1, 0.15) is 17.9 Å². The van der Waals surface area contributed by atoms with E-state index in [2.05, 4.69) is 18.7 Å². The van der Waals surface area contributed by atoms with Crippen LogP contribution < -0.4 is 10.5 Å². The molecule has 0 fully saturated rings. The molecular formula is C23H24FN3O2. The molecule has 0 spiro atoms. The van der Waals surface area contributed by atoms with Gasteiger partial charge in [0.15, 0.2) is 0 Å². The normalized spacial score (nSPS) is 17.3. The van der Waals surface area contributed by atoms with Gasteiger partial charge in [-0.1, -0.05) is 25.1 Å². The van der Waals surface area contributed by atoms with Gasteiger partial charge >= 0.3 is 0 Å². The van der Waals surface area contributed by atoms with Crippen LogP contribution in [0.2, 0.25) is 0 Å². The summed E-state index contributed by atoms with van der Waals surface area (Å²) in [5.74, 6) is 0.0598. The molecular weight excluding hydrogens is 369 g/mol. The molecule has 5 nitrogen and oxygen atoms in total. The molecule has 2 heterocycles. The number of halogens is 1. The monoisotopic (exact) mass is 393 g/mol. The highest BCUT2D eigenvalue weighted by molar-refractivity contribution is 6.02. The molecule has 2 atom stereocenters. The third kappa shape index (κ3) is 3.13. The summed E-state index contributed by atoms with van der Waals surface area (Å²) in [6, 6.07) is 10.1. The number of ether oxygens (including phenoxy) is 1. The topological polar surface area (TPSA) is 68.5 Å². The van der Waals surface area contributed by atoms with Gasteiger partial charge in [-0.2, -0.15) is 0 Å². The molecule has 2 N–H and O–H groups in total. The summed E-state index contributed by atoms with van der Waals surface area (Å²) in [5, 5.41) is 0.766. The van der Waals surface area contributed by atoms with Gasteiger partial charge in [0.05, 0.1) is 24.4 Å². The van der Waals surface area contributed by atoms with Crippen LogP contribution in [-0.4, -0.2) is 29.3 Å². The van der Waals surface area contributed by atoms with E-state index >= 15 is 0 Å². The van der Waals surface area contributed by atoms with Crippen LogP contribution in [0.15, 0.2) is 36.4 Å². The van der Waals surface area contributed by atoms with Gasteiger partial charge in [-0.25, -0.2) is 4.39 Å². The Morgan fingerprint density at radius 3 is 2.86 bits per heavy atom. The number of anilines is 1. The molecule has 29 heavy (non-hydrogen) atoms. The van der Waals surface area contributed by atoms with E-state index < -0.39 is 6.04 Å². The molecule has 0 aliphatic carbocycles. The minimum atomic E-state index is -0.394. The Morgan fingerprint density at radius 1 is 1.38 bits per heavy atom. The highest BCUT2D eigenvalue weighted by Gasteiger charge is 2.36. The molecule has 150 valence electrons. The average Bonchev–Trinajstić information content (AvgIpc) is 3.11. The van der Waals surface area contributed by atoms with E-state index in [4.69, 9.17) is 15.5 Å². The summed E-state index contributed by atoms with van der Waals surface area (Å²) in [6.07, 6.45) is 1.87. The van der Waals surface area contributed by atoms with E-state index in [9.17, 15) is 9.18 Å². The molecule has 0 radical (unpaired) electrons. The third-order valence-corrected chi connectivity index (χ3v) is 5.86. The largest absolute Gasteiger partial charge is 0.497 e. The first kappa shape index (κ1) is 19.3. The van der Waals surface area contributed by atoms with E-state index in [1.807, 2.05) is 18.2 Å². The van der Waals surface area contributed by atoms with Crippen molar-refractivity contribution in [2.24, 2.45) is 0 Å². The molecule has 2 aromatic carbocycles. The Balaban J connectivity index is 1.94. The second-order valence-corrected chi connectivity index (χ2v) is 7.48. The van der Waals surface area contributed by atoms with Crippen molar-refractivity contribution in [3.63, 3.8) is 0 Å². The van der Waals surface area contributed by atoms with Crippen LogP contribution in [0.3, 0.4) is 0 Å². The molecule has 0 bridgehead atoms. The Labute approximate surface area is 169 Å². The van der Waals surface area contributed by atoms with E-state index in [1.54, 1.807) is 6.07 Å². The van der Waals surface area contributed by atoms with Gasteiger partial charge in [-0.05, 0) is 31.0 Å². The number of nitrogens with zero attached hydrogens (tertiary/aromatic N) is 2. The van der Waals surface area contributed by atoms with Crippen LogP contribution in [0.1, 0.15) is 37.6 Å². The Morgan fingerprint density at radius 2 is 2.17 bits per heavy atom. The number of benzene rings is 2. The van der Waals surface area contributed by atoms with Crippen molar-refractivity contribution in [2.45, 2.75) is 38.9 Å². The summed E-state index contributed by atoms with van der Waals surface area (Å²) in [5.41, 5.74) is 10.9. The number of rotatable bonds is 5. The maximum Gasteiger partial charge on any atom is 0.141 e. The first-order valence-corrected chi connectivity index (χ1v) is 9.75. The van der Waals surface area contributed by atoms with Crippen molar-refractivity contribution in [1.29, 1.82) is 0 Å². The predicted molar refractivity (Wildman–Crippen MR) is 112 cm³/mol.